The third kappa shape index (κ3) is 5.47. The van der Waals surface area contributed by atoms with Gasteiger partial charge in [-0.3, -0.25) is 4.79 Å². The van der Waals surface area contributed by atoms with E-state index in [0.29, 0.717) is 13.0 Å². The van der Waals surface area contributed by atoms with Gasteiger partial charge in [0.1, 0.15) is 0 Å². The van der Waals surface area contributed by atoms with E-state index in [1.165, 1.54) is 0 Å². The van der Waals surface area contributed by atoms with Gasteiger partial charge in [-0.2, -0.15) is 0 Å². The minimum atomic E-state index is 0.0312. The number of carbonyl (C=O) groups excluding carboxylic acids is 1. The van der Waals surface area contributed by atoms with Crippen molar-refractivity contribution < 1.29 is 9.53 Å². The number of benzene rings is 1. The van der Waals surface area contributed by atoms with Crippen molar-refractivity contribution in [3.63, 3.8) is 0 Å². The smallest absolute Gasteiger partial charge is 0.224 e. The monoisotopic (exact) mass is 236 g/mol. The number of carbonyl (C=O) groups is 1. The molecule has 4 nitrogen and oxygen atoms in total. The first-order valence-corrected chi connectivity index (χ1v) is 5.78. The molecule has 1 amide bonds. The molecule has 0 aromatic heterocycles. The maximum Gasteiger partial charge on any atom is 0.224 e. The van der Waals surface area contributed by atoms with Crippen LogP contribution in [0.2, 0.25) is 0 Å². The van der Waals surface area contributed by atoms with E-state index in [4.69, 9.17) is 4.74 Å². The molecule has 0 unspecified atom stereocenters. The maximum atomic E-state index is 11.6. The van der Waals surface area contributed by atoms with Crippen LogP contribution in [0.25, 0.3) is 0 Å². The number of hydrogen-bond donors (Lipinski definition) is 2. The van der Waals surface area contributed by atoms with Crippen molar-refractivity contribution in [1.29, 1.82) is 0 Å². The quantitative estimate of drug-likeness (QED) is 0.709. The van der Waals surface area contributed by atoms with Crippen LogP contribution < -0.4 is 10.6 Å². The fourth-order valence-electron chi connectivity index (χ4n) is 1.56. The second-order valence-corrected chi connectivity index (χ2v) is 3.88. The van der Waals surface area contributed by atoms with Crippen molar-refractivity contribution >= 4 is 11.6 Å². The molecule has 1 aromatic carbocycles. The molecule has 0 saturated heterocycles. The van der Waals surface area contributed by atoms with Gasteiger partial charge < -0.3 is 15.4 Å². The highest BCUT2D eigenvalue weighted by Gasteiger charge is 2.02. The van der Waals surface area contributed by atoms with E-state index in [1.54, 1.807) is 7.11 Å². The van der Waals surface area contributed by atoms with Crippen LogP contribution in [0.5, 0.6) is 0 Å². The second kappa shape index (κ2) is 7.81. The van der Waals surface area contributed by atoms with Crippen molar-refractivity contribution in [3.8, 4) is 0 Å². The van der Waals surface area contributed by atoms with Crippen molar-refractivity contribution in [2.24, 2.45) is 0 Å². The molecule has 0 saturated carbocycles. The average Bonchev–Trinajstić information content (AvgIpc) is 2.30. The SMILES string of the molecule is CNCc1cccc(NC(=O)CCCOC)c1. The Balaban J connectivity index is 2.44. The zero-order valence-corrected chi connectivity index (χ0v) is 10.5. The van der Waals surface area contributed by atoms with Gasteiger partial charge in [-0.15, -0.1) is 0 Å². The molecule has 1 aromatic rings. The van der Waals surface area contributed by atoms with Crippen LogP contribution >= 0.6 is 0 Å². The highest BCUT2D eigenvalue weighted by atomic mass is 16.5. The van der Waals surface area contributed by atoms with Crippen LogP contribution in [0, 0.1) is 0 Å². The summed E-state index contributed by atoms with van der Waals surface area (Å²) < 4.78 is 4.91. The molecule has 0 heterocycles. The largest absolute Gasteiger partial charge is 0.385 e. The number of amides is 1. The number of ether oxygens (including phenoxy) is 1. The van der Waals surface area contributed by atoms with Crippen molar-refractivity contribution in [2.75, 3.05) is 26.1 Å². The molecule has 0 aliphatic heterocycles. The Kier molecular flexibility index (Phi) is 6.29. The summed E-state index contributed by atoms with van der Waals surface area (Å²) in [5.74, 6) is 0.0312. The zero-order chi connectivity index (χ0) is 12.5. The average molecular weight is 236 g/mol. The summed E-state index contributed by atoms with van der Waals surface area (Å²) >= 11 is 0. The van der Waals surface area contributed by atoms with E-state index in [0.717, 1.165) is 24.2 Å². The molecule has 0 aliphatic carbocycles. The first kappa shape index (κ1) is 13.7. The molecule has 0 radical (unpaired) electrons. The summed E-state index contributed by atoms with van der Waals surface area (Å²) in [6.45, 7) is 1.42. The summed E-state index contributed by atoms with van der Waals surface area (Å²) in [6.07, 6.45) is 1.24. The van der Waals surface area contributed by atoms with Gasteiger partial charge in [0.15, 0.2) is 0 Å². The number of rotatable bonds is 7. The Morgan fingerprint density at radius 3 is 2.94 bits per heavy atom. The van der Waals surface area contributed by atoms with E-state index in [-0.39, 0.29) is 5.91 Å². The standard InChI is InChI=1S/C13H20N2O2/c1-14-10-11-5-3-6-12(9-11)15-13(16)7-4-8-17-2/h3,5-6,9,14H,4,7-8,10H2,1-2H3,(H,15,16). The van der Waals surface area contributed by atoms with Gasteiger partial charge in [0, 0.05) is 32.4 Å². The predicted octanol–water partition coefficient (Wildman–Crippen LogP) is 1.77. The minimum Gasteiger partial charge on any atom is -0.385 e. The summed E-state index contributed by atoms with van der Waals surface area (Å²) in [5.41, 5.74) is 2.00. The Labute approximate surface area is 102 Å². The molecule has 0 bridgehead atoms. The highest BCUT2D eigenvalue weighted by molar-refractivity contribution is 5.90. The van der Waals surface area contributed by atoms with Gasteiger partial charge in [-0.1, -0.05) is 12.1 Å². The van der Waals surface area contributed by atoms with E-state index in [1.807, 2.05) is 31.3 Å². The van der Waals surface area contributed by atoms with Gasteiger partial charge in [-0.25, -0.2) is 0 Å². The summed E-state index contributed by atoms with van der Waals surface area (Å²) in [6, 6.07) is 7.84. The van der Waals surface area contributed by atoms with E-state index >= 15 is 0 Å². The van der Waals surface area contributed by atoms with Crippen molar-refractivity contribution in [2.45, 2.75) is 19.4 Å². The minimum absolute atomic E-state index is 0.0312. The lowest BCUT2D eigenvalue weighted by Crippen LogP contribution is -2.12. The molecule has 1 rings (SSSR count). The first-order chi connectivity index (χ1) is 8.26. The fraction of sp³-hybridized carbons (Fsp3) is 0.462. The van der Waals surface area contributed by atoms with Crippen LogP contribution in [0.3, 0.4) is 0 Å². The normalized spacial score (nSPS) is 10.2. The van der Waals surface area contributed by atoms with E-state index < -0.39 is 0 Å². The van der Waals surface area contributed by atoms with Crippen LogP contribution in [0.4, 0.5) is 5.69 Å². The molecule has 2 N–H and O–H groups in total. The Bertz CT molecular complexity index is 353. The third-order valence-corrected chi connectivity index (χ3v) is 2.34. The van der Waals surface area contributed by atoms with Gasteiger partial charge in [0.05, 0.1) is 0 Å². The zero-order valence-electron chi connectivity index (χ0n) is 10.5. The maximum absolute atomic E-state index is 11.6. The lowest BCUT2D eigenvalue weighted by atomic mass is 10.2. The lowest BCUT2D eigenvalue weighted by molar-refractivity contribution is -0.116. The number of anilines is 1. The molecular weight excluding hydrogens is 216 g/mol. The first-order valence-electron chi connectivity index (χ1n) is 5.78. The van der Waals surface area contributed by atoms with Gasteiger partial charge in [0.25, 0.3) is 0 Å². The molecule has 0 fully saturated rings. The predicted molar refractivity (Wildman–Crippen MR) is 68.9 cm³/mol. The van der Waals surface area contributed by atoms with Crippen LogP contribution in [-0.2, 0) is 16.1 Å². The van der Waals surface area contributed by atoms with E-state index in [2.05, 4.69) is 10.6 Å². The van der Waals surface area contributed by atoms with E-state index in [9.17, 15) is 4.79 Å². The molecule has 0 atom stereocenters. The van der Waals surface area contributed by atoms with Crippen LogP contribution in [0.1, 0.15) is 18.4 Å². The van der Waals surface area contributed by atoms with Gasteiger partial charge >= 0.3 is 0 Å². The topological polar surface area (TPSA) is 50.4 Å². The second-order valence-electron chi connectivity index (χ2n) is 3.88. The Hall–Kier alpha value is -1.39. The Morgan fingerprint density at radius 1 is 1.41 bits per heavy atom. The van der Waals surface area contributed by atoms with Crippen molar-refractivity contribution in [1.82, 2.24) is 5.32 Å². The Morgan fingerprint density at radius 2 is 2.24 bits per heavy atom. The fourth-order valence-corrected chi connectivity index (χ4v) is 1.56. The summed E-state index contributed by atoms with van der Waals surface area (Å²) in [5, 5.41) is 5.95. The molecule has 4 heteroatoms. The molecule has 0 aliphatic rings. The van der Waals surface area contributed by atoms with Crippen molar-refractivity contribution in [3.05, 3.63) is 29.8 Å². The summed E-state index contributed by atoms with van der Waals surface area (Å²) in [7, 11) is 3.54. The lowest BCUT2D eigenvalue weighted by Gasteiger charge is -2.07. The molecule has 17 heavy (non-hydrogen) atoms. The highest BCUT2D eigenvalue weighted by Crippen LogP contribution is 2.11. The number of nitrogens with one attached hydrogen (secondary N) is 2. The van der Waals surface area contributed by atoms with Gasteiger partial charge in [0.2, 0.25) is 5.91 Å². The number of hydrogen-bond acceptors (Lipinski definition) is 3. The molecule has 0 spiro atoms. The molecule has 94 valence electrons. The summed E-state index contributed by atoms with van der Waals surface area (Å²) in [4.78, 5) is 11.6. The third-order valence-electron chi connectivity index (χ3n) is 2.34. The van der Waals surface area contributed by atoms with Gasteiger partial charge in [-0.05, 0) is 31.2 Å². The van der Waals surface area contributed by atoms with Crippen LogP contribution in [-0.4, -0.2) is 26.7 Å². The molecular formula is C13H20N2O2. The van der Waals surface area contributed by atoms with Crippen LogP contribution in [0.15, 0.2) is 24.3 Å². The number of methoxy groups -OCH3 is 1.